The van der Waals surface area contributed by atoms with E-state index >= 15 is 0 Å². The number of rotatable bonds is 6. The predicted molar refractivity (Wildman–Crippen MR) is 112 cm³/mol. The van der Waals surface area contributed by atoms with E-state index in [4.69, 9.17) is 0 Å². The van der Waals surface area contributed by atoms with E-state index in [1.54, 1.807) is 4.90 Å². The van der Waals surface area contributed by atoms with Gasteiger partial charge in [0.1, 0.15) is 6.04 Å². The quantitative estimate of drug-likeness (QED) is 0.818. The largest absolute Gasteiger partial charge is 0.354 e. The summed E-state index contributed by atoms with van der Waals surface area (Å²) in [5.74, 6) is 0.623. The standard InChI is InChI=1S/C23H35N3O2/c1-2-22(27)26-15-9-7-13-21(26)23(28)24-16-20-12-6-8-14-25(18-20)17-19-10-4-3-5-11-19/h3-5,10-11,20-21H,2,6-9,12-18H2,1H3,(H,24,28)/t20-,21-/m0/s1. The maximum absolute atomic E-state index is 12.8. The van der Waals surface area contributed by atoms with Crippen molar-refractivity contribution in [3.63, 3.8) is 0 Å². The van der Waals surface area contributed by atoms with Gasteiger partial charge in [0.25, 0.3) is 0 Å². The average Bonchev–Trinajstić information content (AvgIpc) is 2.97. The highest BCUT2D eigenvalue weighted by Crippen LogP contribution is 2.20. The first-order valence-electron chi connectivity index (χ1n) is 11.0. The highest BCUT2D eigenvalue weighted by Gasteiger charge is 2.31. The number of benzene rings is 1. The molecule has 5 heteroatoms. The minimum Gasteiger partial charge on any atom is -0.354 e. The predicted octanol–water partition coefficient (Wildman–Crippen LogP) is 3.20. The molecule has 0 radical (unpaired) electrons. The van der Waals surface area contributed by atoms with Gasteiger partial charge in [0, 0.05) is 32.6 Å². The third kappa shape index (κ3) is 5.81. The van der Waals surface area contributed by atoms with E-state index in [1.807, 2.05) is 6.92 Å². The van der Waals surface area contributed by atoms with Crippen LogP contribution in [-0.2, 0) is 16.1 Å². The number of likely N-dealkylation sites (tertiary alicyclic amines) is 2. The first-order chi connectivity index (χ1) is 13.7. The SMILES string of the molecule is CCC(=O)N1CCCC[C@H]1C(=O)NC[C@@H]1CCCCN(Cc2ccccc2)C1. The Morgan fingerprint density at radius 1 is 1.04 bits per heavy atom. The van der Waals surface area contributed by atoms with Crippen molar-refractivity contribution in [2.75, 3.05) is 26.2 Å². The van der Waals surface area contributed by atoms with Crippen molar-refractivity contribution in [1.29, 1.82) is 0 Å². The van der Waals surface area contributed by atoms with Gasteiger partial charge in [-0.2, -0.15) is 0 Å². The molecule has 2 heterocycles. The summed E-state index contributed by atoms with van der Waals surface area (Å²) >= 11 is 0. The molecule has 0 unspecified atom stereocenters. The molecule has 1 aromatic carbocycles. The Bertz CT molecular complexity index is 634. The maximum Gasteiger partial charge on any atom is 0.242 e. The molecule has 28 heavy (non-hydrogen) atoms. The lowest BCUT2D eigenvalue weighted by Gasteiger charge is -2.35. The van der Waals surface area contributed by atoms with E-state index in [1.165, 1.54) is 18.4 Å². The molecule has 154 valence electrons. The summed E-state index contributed by atoms with van der Waals surface area (Å²) in [5.41, 5.74) is 1.35. The van der Waals surface area contributed by atoms with Crippen molar-refractivity contribution in [3.05, 3.63) is 35.9 Å². The van der Waals surface area contributed by atoms with Crippen LogP contribution in [0.3, 0.4) is 0 Å². The number of hydrogen-bond donors (Lipinski definition) is 1. The maximum atomic E-state index is 12.8. The zero-order valence-corrected chi connectivity index (χ0v) is 17.2. The van der Waals surface area contributed by atoms with Gasteiger partial charge in [0.15, 0.2) is 0 Å². The van der Waals surface area contributed by atoms with E-state index in [0.29, 0.717) is 12.3 Å². The van der Waals surface area contributed by atoms with Crippen LogP contribution in [0.4, 0.5) is 0 Å². The Morgan fingerprint density at radius 2 is 1.79 bits per heavy atom. The van der Waals surface area contributed by atoms with Gasteiger partial charge in [-0.25, -0.2) is 0 Å². The van der Waals surface area contributed by atoms with E-state index < -0.39 is 0 Å². The summed E-state index contributed by atoms with van der Waals surface area (Å²) in [7, 11) is 0. The van der Waals surface area contributed by atoms with Crippen LogP contribution in [-0.4, -0.2) is 53.8 Å². The Balaban J connectivity index is 1.52. The minimum atomic E-state index is -0.271. The van der Waals surface area contributed by atoms with Gasteiger partial charge < -0.3 is 10.2 Å². The zero-order chi connectivity index (χ0) is 19.8. The molecule has 2 saturated heterocycles. The highest BCUT2D eigenvalue weighted by molar-refractivity contribution is 5.87. The Hall–Kier alpha value is -1.88. The lowest BCUT2D eigenvalue weighted by molar-refractivity contribution is -0.142. The molecule has 2 aliphatic rings. The Labute approximate surface area is 169 Å². The van der Waals surface area contributed by atoms with Gasteiger partial charge in [-0.3, -0.25) is 14.5 Å². The van der Waals surface area contributed by atoms with Crippen LogP contribution in [0.1, 0.15) is 57.4 Å². The summed E-state index contributed by atoms with van der Waals surface area (Å²) in [6.07, 6.45) is 6.90. The van der Waals surface area contributed by atoms with Gasteiger partial charge in [-0.15, -0.1) is 0 Å². The number of carbonyl (C=O) groups excluding carboxylic acids is 2. The van der Waals surface area contributed by atoms with Crippen molar-refractivity contribution in [3.8, 4) is 0 Å². The number of hydrogen-bond acceptors (Lipinski definition) is 3. The molecule has 0 bridgehead atoms. The molecule has 5 nitrogen and oxygen atoms in total. The van der Waals surface area contributed by atoms with Crippen molar-refractivity contribution >= 4 is 11.8 Å². The van der Waals surface area contributed by atoms with E-state index in [9.17, 15) is 9.59 Å². The molecule has 2 atom stereocenters. The molecular formula is C23H35N3O2. The van der Waals surface area contributed by atoms with Crippen LogP contribution in [0.25, 0.3) is 0 Å². The lowest BCUT2D eigenvalue weighted by Crippen LogP contribution is -2.52. The highest BCUT2D eigenvalue weighted by atomic mass is 16.2. The summed E-state index contributed by atoms with van der Waals surface area (Å²) in [4.78, 5) is 29.3. The molecule has 2 aliphatic heterocycles. The number of carbonyl (C=O) groups is 2. The van der Waals surface area contributed by atoms with E-state index in [-0.39, 0.29) is 17.9 Å². The van der Waals surface area contributed by atoms with E-state index in [2.05, 4.69) is 40.5 Å². The second-order valence-corrected chi connectivity index (χ2v) is 8.28. The molecule has 2 fully saturated rings. The van der Waals surface area contributed by atoms with Crippen LogP contribution in [0.5, 0.6) is 0 Å². The first-order valence-corrected chi connectivity index (χ1v) is 11.0. The molecule has 1 N–H and O–H groups in total. The van der Waals surface area contributed by atoms with Crippen LogP contribution in [0, 0.1) is 5.92 Å². The lowest BCUT2D eigenvalue weighted by atomic mass is 9.99. The van der Waals surface area contributed by atoms with Crippen molar-refractivity contribution in [1.82, 2.24) is 15.1 Å². The second kappa shape index (κ2) is 10.6. The van der Waals surface area contributed by atoms with Gasteiger partial charge in [-0.05, 0) is 50.1 Å². The molecule has 0 aliphatic carbocycles. The fourth-order valence-electron chi connectivity index (χ4n) is 4.54. The van der Waals surface area contributed by atoms with Crippen LogP contribution >= 0.6 is 0 Å². The molecule has 2 amide bonds. The van der Waals surface area contributed by atoms with Crippen LogP contribution in [0.15, 0.2) is 30.3 Å². The number of nitrogens with one attached hydrogen (secondary N) is 1. The topological polar surface area (TPSA) is 52.7 Å². The molecular weight excluding hydrogens is 350 g/mol. The van der Waals surface area contributed by atoms with Gasteiger partial charge in [0.05, 0.1) is 0 Å². The Morgan fingerprint density at radius 3 is 2.57 bits per heavy atom. The molecule has 0 aromatic heterocycles. The summed E-state index contributed by atoms with van der Waals surface area (Å²) in [6, 6.07) is 10.3. The normalized spacial score (nSPS) is 23.8. The smallest absolute Gasteiger partial charge is 0.242 e. The molecule has 3 rings (SSSR count). The fourth-order valence-corrected chi connectivity index (χ4v) is 4.54. The zero-order valence-electron chi connectivity index (χ0n) is 17.2. The van der Waals surface area contributed by atoms with Crippen molar-refractivity contribution in [2.45, 2.75) is 64.5 Å². The summed E-state index contributed by atoms with van der Waals surface area (Å²) in [6.45, 7) is 6.44. The van der Waals surface area contributed by atoms with Crippen LogP contribution < -0.4 is 5.32 Å². The van der Waals surface area contributed by atoms with Gasteiger partial charge in [-0.1, -0.05) is 43.7 Å². The van der Waals surface area contributed by atoms with E-state index in [0.717, 1.165) is 58.4 Å². The number of piperidine rings is 1. The fraction of sp³-hybridized carbons (Fsp3) is 0.652. The third-order valence-electron chi connectivity index (χ3n) is 6.10. The van der Waals surface area contributed by atoms with Crippen LogP contribution in [0.2, 0.25) is 0 Å². The molecule has 0 spiro atoms. The summed E-state index contributed by atoms with van der Waals surface area (Å²) in [5, 5.41) is 3.18. The summed E-state index contributed by atoms with van der Waals surface area (Å²) < 4.78 is 0. The monoisotopic (exact) mass is 385 g/mol. The Kier molecular flexibility index (Phi) is 7.90. The third-order valence-corrected chi connectivity index (χ3v) is 6.10. The number of amides is 2. The van der Waals surface area contributed by atoms with Gasteiger partial charge >= 0.3 is 0 Å². The van der Waals surface area contributed by atoms with Crippen molar-refractivity contribution in [2.24, 2.45) is 5.92 Å². The number of nitrogens with zero attached hydrogens (tertiary/aromatic N) is 2. The molecule has 0 saturated carbocycles. The average molecular weight is 386 g/mol. The van der Waals surface area contributed by atoms with Crippen molar-refractivity contribution < 1.29 is 9.59 Å². The minimum absolute atomic E-state index is 0.0420. The second-order valence-electron chi connectivity index (χ2n) is 8.28. The molecule has 1 aromatic rings. The first kappa shape index (κ1) is 20.8. The van der Waals surface area contributed by atoms with Gasteiger partial charge in [0.2, 0.25) is 11.8 Å².